The van der Waals surface area contributed by atoms with Gasteiger partial charge in [0, 0.05) is 0 Å². The minimum atomic E-state index is 0.00405. The molecule has 2 rings (SSSR count). The van der Waals surface area contributed by atoms with Crippen molar-refractivity contribution in [3.8, 4) is 5.75 Å². The summed E-state index contributed by atoms with van der Waals surface area (Å²) < 4.78 is 5.17. The van der Waals surface area contributed by atoms with Gasteiger partial charge in [-0.25, -0.2) is 0 Å². The molecule has 0 N–H and O–H groups in total. The van der Waals surface area contributed by atoms with Crippen molar-refractivity contribution in [1.29, 1.82) is 0 Å². The van der Waals surface area contributed by atoms with Crippen LogP contribution < -0.4 is 4.74 Å². The molecule has 0 fully saturated rings. The van der Waals surface area contributed by atoms with Gasteiger partial charge >= 0.3 is 0 Å². The first-order chi connectivity index (χ1) is 10.1. The standard InChI is InChI=1S/C19H23ClO/c1-4-14(2)16-7-9-17(10-8-16)19(20)13-15-5-11-18(21-3)12-6-15/h5-12,14,19H,4,13H2,1-3H3. The predicted octanol–water partition coefficient (Wildman–Crippen LogP) is 5.73. The smallest absolute Gasteiger partial charge is 0.118 e. The van der Waals surface area contributed by atoms with E-state index in [1.165, 1.54) is 16.7 Å². The largest absolute Gasteiger partial charge is 0.497 e. The average molecular weight is 303 g/mol. The first-order valence-electron chi connectivity index (χ1n) is 7.51. The van der Waals surface area contributed by atoms with Crippen molar-refractivity contribution in [2.24, 2.45) is 0 Å². The molecule has 0 saturated heterocycles. The highest BCUT2D eigenvalue weighted by molar-refractivity contribution is 6.20. The molecular formula is C19H23ClO. The number of methoxy groups -OCH3 is 1. The Morgan fingerprint density at radius 2 is 1.52 bits per heavy atom. The van der Waals surface area contributed by atoms with Gasteiger partial charge in [0.1, 0.15) is 5.75 Å². The van der Waals surface area contributed by atoms with Crippen LogP contribution in [0.2, 0.25) is 0 Å². The van der Waals surface area contributed by atoms with Crippen LogP contribution in [-0.2, 0) is 6.42 Å². The van der Waals surface area contributed by atoms with Crippen LogP contribution in [0.5, 0.6) is 5.75 Å². The molecule has 2 atom stereocenters. The third-order valence-corrected chi connectivity index (χ3v) is 4.46. The van der Waals surface area contributed by atoms with Crippen molar-refractivity contribution in [2.45, 2.75) is 38.0 Å². The fraction of sp³-hybridized carbons (Fsp3) is 0.368. The molecule has 0 spiro atoms. The van der Waals surface area contributed by atoms with Gasteiger partial charge in [-0.3, -0.25) is 0 Å². The SMILES string of the molecule is CCC(C)c1ccc(C(Cl)Cc2ccc(OC)cc2)cc1. The molecule has 0 aliphatic heterocycles. The van der Waals surface area contributed by atoms with Gasteiger partial charge in [-0.2, -0.15) is 0 Å². The zero-order chi connectivity index (χ0) is 15.2. The number of alkyl halides is 1. The lowest BCUT2D eigenvalue weighted by atomic mass is 9.96. The van der Waals surface area contributed by atoms with Gasteiger partial charge in [0.05, 0.1) is 12.5 Å². The first kappa shape index (κ1) is 15.9. The van der Waals surface area contributed by atoms with Gasteiger partial charge in [-0.15, -0.1) is 11.6 Å². The molecule has 112 valence electrons. The molecule has 0 aliphatic rings. The zero-order valence-corrected chi connectivity index (χ0v) is 13.7. The Bertz CT molecular complexity index is 545. The molecule has 2 unspecified atom stereocenters. The van der Waals surface area contributed by atoms with Crippen LogP contribution >= 0.6 is 11.6 Å². The Balaban J connectivity index is 2.03. The highest BCUT2D eigenvalue weighted by atomic mass is 35.5. The Labute approximate surface area is 132 Å². The molecule has 1 nitrogen and oxygen atoms in total. The zero-order valence-electron chi connectivity index (χ0n) is 13.0. The third kappa shape index (κ3) is 4.25. The van der Waals surface area contributed by atoms with Crippen molar-refractivity contribution in [1.82, 2.24) is 0 Å². The lowest BCUT2D eigenvalue weighted by Gasteiger charge is -2.13. The van der Waals surface area contributed by atoms with Gasteiger partial charge < -0.3 is 4.74 Å². The second-order valence-electron chi connectivity index (χ2n) is 5.50. The maximum Gasteiger partial charge on any atom is 0.118 e. The Morgan fingerprint density at radius 1 is 0.952 bits per heavy atom. The topological polar surface area (TPSA) is 9.23 Å². The quantitative estimate of drug-likeness (QED) is 0.619. The van der Waals surface area contributed by atoms with E-state index in [2.05, 4.69) is 50.2 Å². The molecule has 2 aromatic rings. The van der Waals surface area contributed by atoms with E-state index in [1.807, 2.05) is 12.1 Å². The maximum atomic E-state index is 6.55. The molecule has 0 aromatic heterocycles. The van der Waals surface area contributed by atoms with Crippen LogP contribution in [0.1, 0.15) is 48.3 Å². The molecule has 0 saturated carbocycles. The van der Waals surface area contributed by atoms with E-state index in [-0.39, 0.29) is 5.38 Å². The van der Waals surface area contributed by atoms with Crippen molar-refractivity contribution in [2.75, 3.05) is 7.11 Å². The van der Waals surface area contributed by atoms with E-state index in [9.17, 15) is 0 Å². The second kappa shape index (κ2) is 7.51. The van der Waals surface area contributed by atoms with Crippen LogP contribution in [0.25, 0.3) is 0 Å². The Morgan fingerprint density at radius 3 is 2.05 bits per heavy atom. The molecule has 2 heteroatoms. The van der Waals surface area contributed by atoms with E-state index in [1.54, 1.807) is 7.11 Å². The second-order valence-corrected chi connectivity index (χ2v) is 6.02. The Kier molecular flexibility index (Phi) is 5.69. The monoisotopic (exact) mass is 302 g/mol. The van der Waals surface area contributed by atoms with Crippen LogP contribution in [-0.4, -0.2) is 7.11 Å². The van der Waals surface area contributed by atoms with Gasteiger partial charge in [0.2, 0.25) is 0 Å². The summed E-state index contributed by atoms with van der Waals surface area (Å²) in [5, 5.41) is 0.00405. The van der Waals surface area contributed by atoms with Gasteiger partial charge in [-0.05, 0) is 47.6 Å². The lowest BCUT2D eigenvalue weighted by Crippen LogP contribution is -1.97. The highest BCUT2D eigenvalue weighted by Gasteiger charge is 2.10. The third-order valence-electron chi connectivity index (χ3n) is 4.05. The summed E-state index contributed by atoms with van der Waals surface area (Å²) in [5.74, 6) is 1.48. The summed E-state index contributed by atoms with van der Waals surface area (Å²) in [6.45, 7) is 4.47. The van der Waals surface area contributed by atoms with Crippen molar-refractivity contribution >= 4 is 11.6 Å². The molecule has 21 heavy (non-hydrogen) atoms. The van der Waals surface area contributed by atoms with Crippen LogP contribution in [0, 0.1) is 0 Å². The normalized spacial score (nSPS) is 13.7. The molecule has 0 bridgehead atoms. The Hall–Kier alpha value is -1.47. The average Bonchev–Trinajstić information content (AvgIpc) is 2.55. The van der Waals surface area contributed by atoms with Crippen LogP contribution in [0.3, 0.4) is 0 Å². The lowest BCUT2D eigenvalue weighted by molar-refractivity contribution is 0.414. The predicted molar refractivity (Wildman–Crippen MR) is 90.4 cm³/mol. The van der Waals surface area contributed by atoms with E-state index < -0.39 is 0 Å². The number of rotatable bonds is 6. The molecule has 0 amide bonds. The van der Waals surface area contributed by atoms with E-state index in [0.29, 0.717) is 5.92 Å². The number of ether oxygens (including phenoxy) is 1. The fourth-order valence-corrected chi connectivity index (χ4v) is 2.68. The van der Waals surface area contributed by atoms with Crippen LogP contribution in [0.15, 0.2) is 48.5 Å². The summed E-state index contributed by atoms with van der Waals surface area (Å²) in [5.41, 5.74) is 3.79. The summed E-state index contributed by atoms with van der Waals surface area (Å²) in [6, 6.07) is 16.8. The summed E-state index contributed by atoms with van der Waals surface area (Å²) in [4.78, 5) is 0. The minimum absolute atomic E-state index is 0.00405. The maximum absolute atomic E-state index is 6.55. The van der Waals surface area contributed by atoms with E-state index >= 15 is 0 Å². The van der Waals surface area contributed by atoms with E-state index in [4.69, 9.17) is 16.3 Å². The summed E-state index contributed by atoms with van der Waals surface area (Å²) in [6.07, 6.45) is 1.99. The number of hydrogen-bond donors (Lipinski definition) is 0. The van der Waals surface area contributed by atoms with E-state index in [0.717, 1.165) is 18.6 Å². The summed E-state index contributed by atoms with van der Waals surface area (Å²) >= 11 is 6.55. The van der Waals surface area contributed by atoms with Gasteiger partial charge in [0.15, 0.2) is 0 Å². The number of hydrogen-bond acceptors (Lipinski definition) is 1. The first-order valence-corrected chi connectivity index (χ1v) is 7.94. The summed E-state index contributed by atoms with van der Waals surface area (Å²) in [7, 11) is 1.68. The number of halogens is 1. The minimum Gasteiger partial charge on any atom is -0.497 e. The van der Waals surface area contributed by atoms with Crippen molar-refractivity contribution in [3.63, 3.8) is 0 Å². The molecule has 2 aromatic carbocycles. The van der Waals surface area contributed by atoms with Crippen molar-refractivity contribution in [3.05, 3.63) is 65.2 Å². The molecular weight excluding hydrogens is 280 g/mol. The molecule has 0 heterocycles. The van der Waals surface area contributed by atoms with Crippen LogP contribution in [0.4, 0.5) is 0 Å². The van der Waals surface area contributed by atoms with Crippen molar-refractivity contribution < 1.29 is 4.74 Å². The van der Waals surface area contributed by atoms with Gasteiger partial charge in [-0.1, -0.05) is 50.2 Å². The molecule has 0 radical (unpaired) electrons. The highest BCUT2D eigenvalue weighted by Crippen LogP contribution is 2.28. The number of benzene rings is 2. The fourth-order valence-electron chi connectivity index (χ4n) is 2.36. The molecule has 0 aliphatic carbocycles. The van der Waals surface area contributed by atoms with Gasteiger partial charge in [0.25, 0.3) is 0 Å².